The molecule has 2 N–H and O–H groups in total. The Labute approximate surface area is 201 Å². The summed E-state index contributed by atoms with van der Waals surface area (Å²) in [6, 6.07) is 1.54. The van der Waals surface area contributed by atoms with Gasteiger partial charge in [-0.05, 0) is 72.6 Å². The molecule has 5 rings (SSSR count). The summed E-state index contributed by atoms with van der Waals surface area (Å²) in [5, 5.41) is 3.89. The van der Waals surface area contributed by atoms with Gasteiger partial charge >= 0.3 is 6.03 Å². The first-order chi connectivity index (χ1) is 16.1. The minimum atomic E-state index is -3.92. The summed E-state index contributed by atoms with van der Waals surface area (Å²) in [6.07, 6.45) is 8.72. The van der Waals surface area contributed by atoms with Crippen LogP contribution in [-0.4, -0.2) is 71.1 Å². The maximum atomic E-state index is 12.6. The zero-order valence-electron chi connectivity index (χ0n) is 19.4. The van der Waals surface area contributed by atoms with Crippen molar-refractivity contribution in [1.29, 1.82) is 0 Å². The van der Waals surface area contributed by atoms with Gasteiger partial charge in [0, 0.05) is 43.8 Å². The molecule has 2 atom stereocenters. The van der Waals surface area contributed by atoms with E-state index in [0.29, 0.717) is 19.6 Å². The van der Waals surface area contributed by atoms with Gasteiger partial charge in [0.2, 0.25) is 10.0 Å². The number of likely N-dealkylation sites (tertiary alicyclic amines) is 1. The highest BCUT2D eigenvalue weighted by Gasteiger charge is 2.42. The van der Waals surface area contributed by atoms with Crippen LogP contribution < -0.4 is 10.0 Å². The molecular weight excluding hydrogens is 476 g/mol. The molecule has 2 unspecified atom stereocenters. The van der Waals surface area contributed by atoms with Gasteiger partial charge in [-0.15, -0.1) is 0 Å². The van der Waals surface area contributed by atoms with E-state index in [1.54, 1.807) is 6.08 Å². The Morgan fingerprint density at radius 3 is 2.12 bits per heavy atom. The number of nitrogens with one attached hydrogen (secondary N) is 2. The third-order valence-electron chi connectivity index (χ3n) is 7.58. The van der Waals surface area contributed by atoms with Crippen LogP contribution in [0.1, 0.15) is 35.1 Å². The first-order valence-corrected chi connectivity index (χ1v) is 15.3. The SMILES string of the molecule is CS(=O)(=O)N1CC2CN(C/C=C/S(=O)(=O)NC(=O)Nc3c4c(cc5c3CCC5)CCC4)CC2C1. The second-order valence-electron chi connectivity index (χ2n) is 10.0. The van der Waals surface area contributed by atoms with Crippen molar-refractivity contribution in [1.82, 2.24) is 13.9 Å². The fourth-order valence-corrected chi connectivity index (χ4v) is 7.70. The maximum absolute atomic E-state index is 12.6. The van der Waals surface area contributed by atoms with E-state index in [1.165, 1.54) is 21.7 Å². The summed E-state index contributed by atoms with van der Waals surface area (Å²) in [4.78, 5) is 14.7. The van der Waals surface area contributed by atoms with Crippen LogP contribution in [-0.2, 0) is 45.7 Å². The van der Waals surface area contributed by atoms with Crippen molar-refractivity contribution in [2.24, 2.45) is 11.8 Å². The molecule has 9 nitrogen and oxygen atoms in total. The summed E-state index contributed by atoms with van der Waals surface area (Å²) in [5.41, 5.74) is 5.66. The van der Waals surface area contributed by atoms with Crippen molar-refractivity contribution in [2.75, 3.05) is 44.3 Å². The molecule has 2 aliphatic heterocycles. The van der Waals surface area contributed by atoms with E-state index in [1.807, 2.05) is 0 Å². The monoisotopic (exact) mass is 508 g/mol. The van der Waals surface area contributed by atoms with Crippen molar-refractivity contribution >= 4 is 31.8 Å². The Kier molecular flexibility index (Phi) is 6.24. The van der Waals surface area contributed by atoms with Gasteiger partial charge in [-0.25, -0.2) is 30.7 Å². The number of carbonyl (C=O) groups is 1. The average molecular weight is 509 g/mol. The number of amides is 2. The first-order valence-electron chi connectivity index (χ1n) is 11.9. The van der Waals surface area contributed by atoms with Gasteiger partial charge in [-0.3, -0.25) is 4.90 Å². The Morgan fingerprint density at radius 1 is 0.971 bits per heavy atom. The van der Waals surface area contributed by atoms with Crippen LogP contribution in [0.25, 0.3) is 0 Å². The highest BCUT2D eigenvalue weighted by Crippen LogP contribution is 2.38. The number of hydrogen-bond donors (Lipinski definition) is 2. The predicted molar refractivity (Wildman–Crippen MR) is 131 cm³/mol. The fraction of sp³-hybridized carbons (Fsp3) is 0.609. The lowest BCUT2D eigenvalue weighted by atomic mass is 9.99. The van der Waals surface area contributed by atoms with Crippen molar-refractivity contribution in [3.05, 3.63) is 39.8 Å². The van der Waals surface area contributed by atoms with E-state index < -0.39 is 26.1 Å². The number of hydrogen-bond acceptors (Lipinski definition) is 6. The number of nitrogens with zero attached hydrogens (tertiary/aromatic N) is 2. The molecule has 0 aromatic heterocycles. The lowest BCUT2D eigenvalue weighted by molar-refractivity contribution is 0.256. The maximum Gasteiger partial charge on any atom is 0.333 e. The largest absolute Gasteiger partial charge is 0.333 e. The van der Waals surface area contributed by atoms with Gasteiger partial charge in [-0.2, -0.15) is 0 Å². The van der Waals surface area contributed by atoms with Crippen molar-refractivity contribution in [2.45, 2.75) is 38.5 Å². The molecule has 2 aliphatic carbocycles. The van der Waals surface area contributed by atoms with E-state index >= 15 is 0 Å². The second kappa shape index (κ2) is 8.92. The van der Waals surface area contributed by atoms with Crippen molar-refractivity contribution < 1.29 is 21.6 Å². The molecule has 34 heavy (non-hydrogen) atoms. The summed E-state index contributed by atoms with van der Waals surface area (Å²) >= 11 is 0. The number of aryl methyl sites for hydroxylation is 2. The van der Waals surface area contributed by atoms with Gasteiger partial charge < -0.3 is 5.32 Å². The summed E-state index contributed by atoms with van der Waals surface area (Å²) in [5.74, 6) is 0.552. The number of sulfonamides is 2. The minimum absolute atomic E-state index is 0.276. The molecule has 0 spiro atoms. The van der Waals surface area contributed by atoms with Gasteiger partial charge in [0.25, 0.3) is 10.0 Å². The number of urea groups is 1. The Morgan fingerprint density at radius 2 is 1.56 bits per heavy atom. The molecule has 0 saturated carbocycles. The molecular formula is C23H32N4O5S2. The van der Waals surface area contributed by atoms with E-state index in [0.717, 1.165) is 73.8 Å². The molecule has 11 heteroatoms. The third-order valence-corrected chi connectivity index (χ3v) is 9.84. The van der Waals surface area contributed by atoms with Gasteiger partial charge in [0.1, 0.15) is 0 Å². The van der Waals surface area contributed by atoms with Crippen LogP contribution in [0, 0.1) is 11.8 Å². The normalized spacial score (nSPS) is 25.0. The van der Waals surface area contributed by atoms with Crippen LogP contribution in [0.15, 0.2) is 17.6 Å². The number of benzene rings is 1. The Hall–Kier alpha value is -1.95. The van der Waals surface area contributed by atoms with E-state index in [2.05, 4.69) is 21.0 Å². The molecule has 2 amide bonds. The number of carbonyl (C=O) groups excluding carboxylic acids is 1. The lowest BCUT2D eigenvalue weighted by Crippen LogP contribution is -2.34. The number of fused-ring (bicyclic) bond motifs is 3. The van der Waals surface area contributed by atoms with E-state index in [4.69, 9.17) is 0 Å². The highest BCUT2D eigenvalue weighted by atomic mass is 32.2. The molecule has 2 saturated heterocycles. The molecule has 0 bridgehead atoms. The number of anilines is 1. The quantitative estimate of drug-likeness (QED) is 0.601. The Balaban J connectivity index is 1.16. The van der Waals surface area contributed by atoms with Gasteiger partial charge in [0.05, 0.1) is 6.26 Å². The molecule has 1 aromatic carbocycles. The Bertz CT molecular complexity index is 1200. The third kappa shape index (κ3) is 4.89. The van der Waals surface area contributed by atoms with Crippen LogP contribution >= 0.6 is 0 Å². The van der Waals surface area contributed by atoms with Crippen LogP contribution in [0.4, 0.5) is 10.5 Å². The first kappa shape index (κ1) is 23.8. The highest BCUT2D eigenvalue weighted by molar-refractivity contribution is 7.92. The summed E-state index contributed by atoms with van der Waals surface area (Å²) in [6.45, 7) is 2.96. The summed E-state index contributed by atoms with van der Waals surface area (Å²) in [7, 11) is -7.09. The molecule has 1 aromatic rings. The topological polar surface area (TPSA) is 116 Å². The zero-order chi connectivity index (χ0) is 24.1. The van der Waals surface area contributed by atoms with Crippen LogP contribution in [0.3, 0.4) is 0 Å². The van der Waals surface area contributed by atoms with E-state index in [9.17, 15) is 21.6 Å². The lowest BCUT2D eigenvalue weighted by Gasteiger charge is -2.18. The summed E-state index contributed by atoms with van der Waals surface area (Å²) < 4.78 is 52.1. The van der Waals surface area contributed by atoms with Crippen LogP contribution in [0.5, 0.6) is 0 Å². The van der Waals surface area contributed by atoms with Crippen LogP contribution in [0.2, 0.25) is 0 Å². The predicted octanol–water partition coefficient (Wildman–Crippen LogP) is 1.45. The molecule has 186 valence electrons. The second-order valence-corrected chi connectivity index (χ2v) is 13.6. The molecule has 2 heterocycles. The smallest absolute Gasteiger partial charge is 0.307 e. The zero-order valence-corrected chi connectivity index (χ0v) is 21.1. The van der Waals surface area contributed by atoms with Gasteiger partial charge in [-0.1, -0.05) is 12.1 Å². The molecule has 2 fully saturated rings. The molecule has 0 radical (unpaired) electrons. The number of rotatable bonds is 6. The van der Waals surface area contributed by atoms with Crippen molar-refractivity contribution in [3.8, 4) is 0 Å². The molecule has 4 aliphatic rings. The minimum Gasteiger partial charge on any atom is -0.307 e. The van der Waals surface area contributed by atoms with E-state index in [-0.39, 0.29) is 11.8 Å². The van der Waals surface area contributed by atoms with Gasteiger partial charge in [0.15, 0.2) is 0 Å². The fourth-order valence-electron chi connectivity index (χ4n) is 6.06. The average Bonchev–Trinajstić information content (AvgIpc) is 3.49. The van der Waals surface area contributed by atoms with Crippen molar-refractivity contribution in [3.63, 3.8) is 0 Å². The standard InChI is InChI=1S/C23H32N4O5S2/c1-33(29,30)27-14-18-12-26(13-19(18)15-27)9-4-10-34(31,32)25-23(28)24-22-20-7-2-5-16(20)11-17-6-3-8-21(17)22/h4,10-11,18-19H,2-3,5-9,12-15H2,1H3,(H2,24,25,28)/b10-4+.